The summed E-state index contributed by atoms with van der Waals surface area (Å²) in [5.74, 6) is 0.357. The molecular formula is C20H26ClN3O2S. The molecule has 3 rings (SSSR count). The van der Waals surface area contributed by atoms with E-state index in [2.05, 4.69) is 45.8 Å². The van der Waals surface area contributed by atoms with Crippen LogP contribution in [-0.2, 0) is 16.6 Å². The molecule has 2 aromatic rings. The van der Waals surface area contributed by atoms with Crippen molar-refractivity contribution in [3.8, 4) is 0 Å². The Bertz CT molecular complexity index is 877. The molecule has 0 atom stereocenters. The molecule has 0 saturated carbocycles. The molecular weight excluding hydrogens is 382 g/mol. The Morgan fingerprint density at radius 3 is 2.48 bits per heavy atom. The number of piperidine rings is 1. The van der Waals surface area contributed by atoms with E-state index in [1.807, 2.05) is 0 Å². The van der Waals surface area contributed by atoms with Crippen molar-refractivity contribution in [3.63, 3.8) is 0 Å². The number of aromatic nitrogens is 1. The van der Waals surface area contributed by atoms with Crippen LogP contribution in [0, 0.1) is 19.8 Å². The number of nitrogens with zero attached hydrogens (tertiary/aromatic N) is 2. The molecule has 1 saturated heterocycles. The van der Waals surface area contributed by atoms with Gasteiger partial charge in [0.1, 0.15) is 10.0 Å². The second kappa shape index (κ2) is 8.69. The highest BCUT2D eigenvalue weighted by Crippen LogP contribution is 2.20. The fraction of sp³-hybridized carbons (Fsp3) is 0.450. The molecule has 0 amide bonds. The van der Waals surface area contributed by atoms with Crippen LogP contribution in [0.5, 0.6) is 0 Å². The number of halogens is 1. The second-order valence-electron chi connectivity index (χ2n) is 7.34. The highest BCUT2D eigenvalue weighted by atomic mass is 35.5. The predicted octanol–water partition coefficient (Wildman–Crippen LogP) is 3.54. The first-order chi connectivity index (χ1) is 12.8. The summed E-state index contributed by atoms with van der Waals surface area (Å²) in [5.41, 5.74) is 3.25. The monoisotopic (exact) mass is 407 g/mol. The number of sulfonamides is 1. The minimum absolute atomic E-state index is 0.168. The molecule has 0 spiro atoms. The van der Waals surface area contributed by atoms with Gasteiger partial charge in [0, 0.05) is 19.3 Å². The van der Waals surface area contributed by atoms with Gasteiger partial charge < -0.3 is 0 Å². The molecule has 1 aliphatic heterocycles. The molecule has 146 valence electrons. The number of hydrogen-bond donors (Lipinski definition) is 1. The van der Waals surface area contributed by atoms with Crippen LogP contribution < -0.4 is 4.72 Å². The van der Waals surface area contributed by atoms with Gasteiger partial charge in [0.05, 0.1) is 0 Å². The Labute approximate surface area is 166 Å². The molecule has 1 aromatic carbocycles. The first kappa shape index (κ1) is 20.3. The summed E-state index contributed by atoms with van der Waals surface area (Å²) in [6, 6.07) is 10.2. The van der Waals surface area contributed by atoms with Crippen LogP contribution >= 0.6 is 11.6 Å². The standard InChI is InChI=1S/C20H26ClN3O2S/c1-15-3-5-18(6-4-15)14-24-9-7-17(8-10-24)12-23-27(25,26)19-11-16(2)20(21)22-13-19/h3-6,11,13,17,23H,7-10,12,14H2,1-2H3. The second-order valence-corrected chi connectivity index (χ2v) is 9.46. The van der Waals surface area contributed by atoms with Gasteiger partial charge in [-0.05, 0) is 62.9 Å². The van der Waals surface area contributed by atoms with Gasteiger partial charge in [-0.15, -0.1) is 0 Å². The van der Waals surface area contributed by atoms with Gasteiger partial charge >= 0.3 is 0 Å². The summed E-state index contributed by atoms with van der Waals surface area (Å²) in [5, 5.41) is 0.329. The van der Waals surface area contributed by atoms with Gasteiger partial charge in [-0.3, -0.25) is 4.90 Å². The van der Waals surface area contributed by atoms with Crippen LogP contribution in [0.3, 0.4) is 0 Å². The van der Waals surface area contributed by atoms with E-state index < -0.39 is 10.0 Å². The molecule has 27 heavy (non-hydrogen) atoms. The number of likely N-dealkylation sites (tertiary alicyclic amines) is 1. The third-order valence-electron chi connectivity index (χ3n) is 5.10. The van der Waals surface area contributed by atoms with Crippen LogP contribution in [-0.4, -0.2) is 37.9 Å². The molecule has 0 unspecified atom stereocenters. The van der Waals surface area contributed by atoms with Crippen LogP contribution in [0.15, 0.2) is 41.4 Å². The normalized spacial score (nSPS) is 16.6. The lowest BCUT2D eigenvalue weighted by molar-refractivity contribution is 0.178. The van der Waals surface area contributed by atoms with E-state index in [1.54, 1.807) is 13.0 Å². The smallest absolute Gasteiger partial charge is 0.242 e. The summed E-state index contributed by atoms with van der Waals surface area (Å²) in [7, 11) is -3.55. The zero-order valence-corrected chi connectivity index (χ0v) is 17.4. The first-order valence-corrected chi connectivity index (χ1v) is 11.1. The molecule has 1 aromatic heterocycles. The third-order valence-corrected chi connectivity index (χ3v) is 6.88. The maximum atomic E-state index is 12.5. The third kappa shape index (κ3) is 5.51. The summed E-state index contributed by atoms with van der Waals surface area (Å²) >= 11 is 5.88. The van der Waals surface area contributed by atoms with Crippen molar-refractivity contribution in [2.75, 3.05) is 19.6 Å². The highest BCUT2D eigenvalue weighted by molar-refractivity contribution is 7.89. The Morgan fingerprint density at radius 2 is 1.85 bits per heavy atom. The number of hydrogen-bond acceptors (Lipinski definition) is 4. The van der Waals surface area contributed by atoms with Gasteiger partial charge in [-0.1, -0.05) is 41.4 Å². The summed E-state index contributed by atoms with van der Waals surface area (Å²) in [4.78, 5) is 6.53. The van der Waals surface area contributed by atoms with E-state index in [-0.39, 0.29) is 4.90 Å². The lowest BCUT2D eigenvalue weighted by atomic mass is 9.97. The molecule has 0 aliphatic carbocycles. The van der Waals surface area contributed by atoms with Crippen LogP contribution in [0.25, 0.3) is 0 Å². The molecule has 7 heteroatoms. The fourth-order valence-electron chi connectivity index (χ4n) is 3.29. The quantitative estimate of drug-likeness (QED) is 0.744. The van der Waals surface area contributed by atoms with Crippen LogP contribution in [0.1, 0.15) is 29.5 Å². The Hall–Kier alpha value is -1.47. The largest absolute Gasteiger partial charge is 0.299 e. The molecule has 2 heterocycles. The summed E-state index contributed by atoms with van der Waals surface area (Å²) < 4.78 is 27.7. The average Bonchev–Trinajstić information content (AvgIpc) is 2.65. The maximum absolute atomic E-state index is 12.5. The van der Waals surface area contributed by atoms with E-state index >= 15 is 0 Å². The minimum Gasteiger partial charge on any atom is -0.299 e. The van der Waals surface area contributed by atoms with E-state index in [4.69, 9.17) is 11.6 Å². The van der Waals surface area contributed by atoms with Crippen molar-refractivity contribution in [2.24, 2.45) is 5.92 Å². The first-order valence-electron chi connectivity index (χ1n) is 9.23. The molecule has 0 bridgehead atoms. The van der Waals surface area contributed by atoms with Crippen molar-refractivity contribution in [1.29, 1.82) is 0 Å². The van der Waals surface area contributed by atoms with E-state index in [1.165, 1.54) is 17.3 Å². The predicted molar refractivity (Wildman–Crippen MR) is 108 cm³/mol. The fourth-order valence-corrected chi connectivity index (χ4v) is 4.54. The Kier molecular flexibility index (Phi) is 6.52. The number of aryl methyl sites for hydroxylation is 2. The highest BCUT2D eigenvalue weighted by Gasteiger charge is 2.22. The minimum atomic E-state index is -3.55. The SMILES string of the molecule is Cc1ccc(CN2CCC(CNS(=O)(=O)c3cnc(Cl)c(C)c3)CC2)cc1. The van der Waals surface area contributed by atoms with E-state index in [9.17, 15) is 8.42 Å². The summed E-state index contributed by atoms with van der Waals surface area (Å²) in [6.07, 6.45) is 3.29. The van der Waals surface area contributed by atoms with Crippen molar-refractivity contribution in [2.45, 2.75) is 38.1 Å². The lowest BCUT2D eigenvalue weighted by Gasteiger charge is -2.32. The van der Waals surface area contributed by atoms with Crippen molar-refractivity contribution >= 4 is 21.6 Å². The average molecular weight is 408 g/mol. The van der Waals surface area contributed by atoms with Crippen molar-refractivity contribution < 1.29 is 8.42 Å². The molecule has 5 nitrogen and oxygen atoms in total. The Balaban J connectivity index is 1.48. The number of nitrogens with one attached hydrogen (secondary N) is 1. The van der Waals surface area contributed by atoms with Gasteiger partial charge in [0.2, 0.25) is 10.0 Å². The van der Waals surface area contributed by atoms with Gasteiger partial charge in [-0.25, -0.2) is 18.1 Å². The summed E-state index contributed by atoms with van der Waals surface area (Å²) in [6.45, 7) is 7.23. The Morgan fingerprint density at radius 1 is 1.19 bits per heavy atom. The van der Waals surface area contributed by atoms with Crippen LogP contribution in [0.2, 0.25) is 5.15 Å². The molecule has 1 aliphatic rings. The topological polar surface area (TPSA) is 62.3 Å². The number of benzene rings is 1. The van der Waals surface area contributed by atoms with Crippen molar-refractivity contribution in [1.82, 2.24) is 14.6 Å². The zero-order valence-electron chi connectivity index (χ0n) is 15.8. The lowest BCUT2D eigenvalue weighted by Crippen LogP contribution is -2.38. The zero-order chi connectivity index (χ0) is 19.4. The molecule has 1 N–H and O–H groups in total. The van der Waals surface area contributed by atoms with Crippen molar-refractivity contribution in [3.05, 3.63) is 58.4 Å². The van der Waals surface area contributed by atoms with Crippen LogP contribution in [0.4, 0.5) is 0 Å². The number of rotatable bonds is 6. The van der Waals surface area contributed by atoms with Gasteiger partial charge in [0.25, 0.3) is 0 Å². The maximum Gasteiger partial charge on any atom is 0.242 e. The molecule has 1 fully saturated rings. The number of pyridine rings is 1. The van der Waals surface area contributed by atoms with E-state index in [0.29, 0.717) is 23.2 Å². The van der Waals surface area contributed by atoms with Gasteiger partial charge in [0.15, 0.2) is 0 Å². The molecule has 0 radical (unpaired) electrons. The van der Waals surface area contributed by atoms with E-state index in [0.717, 1.165) is 32.5 Å². The van der Waals surface area contributed by atoms with Gasteiger partial charge in [-0.2, -0.15) is 0 Å².